The van der Waals surface area contributed by atoms with Gasteiger partial charge in [0.15, 0.2) is 0 Å². The highest BCUT2D eigenvalue weighted by Crippen LogP contribution is 2.31. The third kappa shape index (κ3) is 5.78. The van der Waals surface area contributed by atoms with E-state index < -0.39 is 17.8 Å². The number of hydrogen-bond donors (Lipinski definition) is 0. The summed E-state index contributed by atoms with van der Waals surface area (Å²) < 4.78 is 43.2. The van der Waals surface area contributed by atoms with Gasteiger partial charge in [0, 0.05) is 32.2 Å². The number of carbonyl (C=O) groups excluding carboxylic acids is 1. The predicted octanol–water partition coefficient (Wildman–Crippen LogP) is 4.43. The molecule has 0 bridgehead atoms. The van der Waals surface area contributed by atoms with Gasteiger partial charge < -0.3 is 9.64 Å². The van der Waals surface area contributed by atoms with E-state index in [4.69, 9.17) is 4.74 Å². The minimum absolute atomic E-state index is 0. The average molecular weight is 381 g/mol. The van der Waals surface area contributed by atoms with E-state index in [1.54, 1.807) is 4.90 Å². The zero-order chi connectivity index (χ0) is 17.7. The first-order valence-electron chi connectivity index (χ1n) is 8.23. The molecule has 1 amide bonds. The molecule has 0 atom stereocenters. The van der Waals surface area contributed by atoms with Gasteiger partial charge in [-0.3, -0.25) is 4.90 Å². The zero-order valence-electron chi connectivity index (χ0n) is 14.4. The lowest BCUT2D eigenvalue weighted by molar-refractivity contribution is -0.137. The summed E-state index contributed by atoms with van der Waals surface area (Å²) in [5, 5.41) is 0. The van der Waals surface area contributed by atoms with Crippen LogP contribution in [0, 0.1) is 0 Å². The van der Waals surface area contributed by atoms with Gasteiger partial charge >= 0.3 is 12.3 Å². The Morgan fingerprint density at radius 3 is 2.28 bits per heavy atom. The lowest BCUT2D eigenvalue weighted by Crippen LogP contribution is -2.52. The van der Waals surface area contributed by atoms with Gasteiger partial charge in [-0.05, 0) is 31.0 Å². The van der Waals surface area contributed by atoms with E-state index in [0.717, 1.165) is 38.1 Å². The molecule has 8 heteroatoms. The quantitative estimate of drug-likeness (QED) is 0.774. The first-order chi connectivity index (χ1) is 11.3. The van der Waals surface area contributed by atoms with Crippen LogP contribution in [0.2, 0.25) is 0 Å². The molecule has 1 aliphatic heterocycles. The number of nitrogens with zero attached hydrogens (tertiary/aromatic N) is 2. The molecule has 0 unspecified atom stereocenters. The molecule has 1 heterocycles. The molecule has 1 aliphatic rings. The van der Waals surface area contributed by atoms with Gasteiger partial charge in [-0.15, -0.1) is 12.4 Å². The van der Waals surface area contributed by atoms with Crippen LogP contribution >= 0.6 is 12.4 Å². The van der Waals surface area contributed by atoms with Crippen molar-refractivity contribution < 1.29 is 22.7 Å². The summed E-state index contributed by atoms with van der Waals surface area (Å²) in [7, 11) is 0. The Labute approximate surface area is 152 Å². The number of amides is 1. The molecule has 0 radical (unpaired) electrons. The number of halogens is 4. The molecular weight excluding hydrogens is 357 g/mol. The highest BCUT2D eigenvalue weighted by molar-refractivity contribution is 5.85. The number of piperazine rings is 1. The van der Waals surface area contributed by atoms with Crippen molar-refractivity contribution in [3.05, 3.63) is 29.8 Å². The number of alkyl halides is 3. The minimum Gasteiger partial charge on any atom is -0.410 e. The van der Waals surface area contributed by atoms with Crippen molar-refractivity contribution in [2.75, 3.05) is 26.2 Å². The third-order valence-corrected chi connectivity index (χ3v) is 4.40. The van der Waals surface area contributed by atoms with E-state index in [1.807, 2.05) is 0 Å². The Kier molecular flexibility index (Phi) is 8.02. The van der Waals surface area contributed by atoms with Crippen molar-refractivity contribution >= 4 is 18.5 Å². The van der Waals surface area contributed by atoms with Gasteiger partial charge in [-0.1, -0.05) is 19.9 Å². The zero-order valence-corrected chi connectivity index (χ0v) is 15.2. The van der Waals surface area contributed by atoms with Crippen LogP contribution < -0.4 is 4.74 Å². The lowest BCUT2D eigenvalue weighted by atomic mass is 10.1. The van der Waals surface area contributed by atoms with Gasteiger partial charge in [-0.2, -0.15) is 13.2 Å². The fourth-order valence-corrected chi connectivity index (χ4v) is 2.98. The van der Waals surface area contributed by atoms with Crippen molar-refractivity contribution in [3.8, 4) is 5.75 Å². The molecule has 1 aromatic carbocycles. The van der Waals surface area contributed by atoms with Crippen LogP contribution in [0.15, 0.2) is 24.3 Å². The molecule has 1 aromatic rings. The summed E-state index contributed by atoms with van der Waals surface area (Å²) in [6.45, 7) is 6.83. The highest BCUT2D eigenvalue weighted by atomic mass is 35.5. The van der Waals surface area contributed by atoms with Crippen molar-refractivity contribution in [2.45, 2.75) is 38.9 Å². The smallest absolute Gasteiger partial charge is 0.410 e. The standard InChI is InChI=1S/C17H23F3N2O2.ClH/c1-3-14(4-2)21-8-10-22(11-9-21)16(23)24-15-7-5-6-13(12-15)17(18,19)20;/h5-7,12,14H,3-4,8-11H2,1-2H3;1H. The second-order valence-corrected chi connectivity index (χ2v) is 5.89. The maximum atomic E-state index is 12.7. The molecule has 0 saturated carbocycles. The number of carbonyl (C=O) groups is 1. The lowest BCUT2D eigenvalue weighted by Gasteiger charge is -2.38. The summed E-state index contributed by atoms with van der Waals surface area (Å²) in [5.74, 6) is -0.0859. The number of benzene rings is 1. The molecule has 0 N–H and O–H groups in total. The van der Waals surface area contributed by atoms with Gasteiger partial charge in [-0.25, -0.2) is 4.79 Å². The van der Waals surface area contributed by atoms with Gasteiger partial charge in [0.25, 0.3) is 0 Å². The SMILES string of the molecule is CCC(CC)N1CCN(C(=O)Oc2cccc(C(F)(F)F)c2)CC1.Cl. The van der Waals surface area contributed by atoms with Crippen molar-refractivity contribution in [3.63, 3.8) is 0 Å². The molecule has 25 heavy (non-hydrogen) atoms. The average Bonchev–Trinajstić information content (AvgIpc) is 2.56. The number of rotatable bonds is 4. The van der Waals surface area contributed by atoms with Crippen molar-refractivity contribution in [1.29, 1.82) is 0 Å². The topological polar surface area (TPSA) is 32.8 Å². The monoisotopic (exact) mass is 380 g/mol. The summed E-state index contributed by atoms with van der Waals surface area (Å²) in [6, 6.07) is 4.89. The molecular formula is C17H24ClF3N2O2. The Balaban J connectivity index is 0.00000312. The van der Waals surface area contributed by atoms with Crippen molar-refractivity contribution in [2.24, 2.45) is 0 Å². The fraction of sp³-hybridized carbons (Fsp3) is 0.588. The second-order valence-electron chi connectivity index (χ2n) is 5.89. The van der Waals surface area contributed by atoms with Gasteiger partial charge in [0.1, 0.15) is 5.75 Å². The first-order valence-corrected chi connectivity index (χ1v) is 8.23. The van der Waals surface area contributed by atoms with Gasteiger partial charge in [0.2, 0.25) is 0 Å². The van der Waals surface area contributed by atoms with E-state index in [2.05, 4.69) is 18.7 Å². The van der Waals surface area contributed by atoms with Crippen molar-refractivity contribution in [1.82, 2.24) is 9.80 Å². The first kappa shape index (κ1) is 21.6. The molecule has 4 nitrogen and oxygen atoms in total. The van der Waals surface area contributed by atoms with Crippen LogP contribution in [-0.4, -0.2) is 48.1 Å². The van der Waals surface area contributed by atoms with Crippen LogP contribution in [0.25, 0.3) is 0 Å². The Bertz CT molecular complexity index is 557. The molecule has 0 aliphatic carbocycles. The second kappa shape index (κ2) is 9.29. The molecule has 0 spiro atoms. The van der Waals surface area contributed by atoms with E-state index in [0.29, 0.717) is 19.1 Å². The highest BCUT2D eigenvalue weighted by Gasteiger charge is 2.31. The summed E-state index contributed by atoms with van der Waals surface area (Å²) in [5.41, 5.74) is -0.827. The van der Waals surface area contributed by atoms with E-state index in [-0.39, 0.29) is 18.2 Å². The summed E-state index contributed by atoms with van der Waals surface area (Å²) >= 11 is 0. The Hall–Kier alpha value is -1.47. The van der Waals surface area contributed by atoms with Crippen LogP contribution in [0.1, 0.15) is 32.3 Å². The predicted molar refractivity (Wildman–Crippen MR) is 92.2 cm³/mol. The van der Waals surface area contributed by atoms with E-state index in [1.165, 1.54) is 12.1 Å². The van der Waals surface area contributed by atoms with Crippen LogP contribution in [0.4, 0.5) is 18.0 Å². The molecule has 142 valence electrons. The number of hydrogen-bond acceptors (Lipinski definition) is 3. The maximum Gasteiger partial charge on any atom is 0.416 e. The van der Waals surface area contributed by atoms with Gasteiger partial charge in [0.05, 0.1) is 5.56 Å². The largest absolute Gasteiger partial charge is 0.416 e. The fourth-order valence-electron chi connectivity index (χ4n) is 2.98. The maximum absolute atomic E-state index is 12.7. The van der Waals surface area contributed by atoms with E-state index >= 15 is 0 Å². The van der Waals surface area contributed by atoms with Crippen LogP contribution in [0.5, 0.6) is 5.75 Å². The molecule has 0 aromatic heterocycles. The third-order valence-electron chi connectivity index (χ3n) is 4.40. The molecule has 2 rings (SSSR count). The summed E-state index contributed by atoms with van der Waals surface area (Å²) in [4.78, 5) is 16.0. The Morgan fingerprint density at radius 1 is 1.16 bits per heavy atom. The van der Waals surface area contributed by atoms with E-state index in [9.17, 15) is 18.0 Å². The van der Waals surface area contributed by atoms with Crippen LogP contribution in [0.3, 0.4) is 0 Å². The van der Waals surface area contributed by atoms with Crippen LogP contribution in [-0.2, 0) is 6.18 Å². The molecule has 1 saturated heterocycles. The Morgan fingerprint density at radius 2 is 1.76 bits per heavy atom. The minimum atomic E-state index is -4.45. The number of ether oxygens (including phenoxy) is 1. The molecule has 1 fully saturated rings. The normalized spacial score (nSPS) is 15.8. The summed E-state index contributed by atoms with van der Waals surface area (Å²) in [6.07, 6.45) is -2.93.